The molecule has 0 aromatic carbocycles. The molecule has 3 heteroatoms. The van der Waals surface area contributed by atoms with Gasteiger partial charge in [0.05, 0.1) is 0 Å². The van der Waals surface area contributed by atoms with E-state index in [1.165, 1.54) is 38.6 Å². The second kappa shape index (κ2) is 14.4. The van der Waals surface area contributed by atoms with Gasteiger partial charge in [-0.15, -0.1) is 25.5 Å². The monoisotopic (exact) mass is 242 g/mol. The average molecular weight is 242 g/mol. The van der Waals surface area contributed by atoms with Gasteiger partial charge in [-0.2, -0.15) is 0 Å². The average Bonchev–Trinajstić information content (AvgIpc) is 2.34. The second-order valence-corrected chi connectivity index (χ2v) is 4.35. The number of terminal acetylenes is 1. The molecule has 0 amide bonds. The molecule has 1 fully saturated rings. The van der Waals surface area contributed by atoms with E-state index in [0.29, 0.717) is 0 Å². The molecule has 0 unspecified atom stereocenters. The molecule has 94 valence electrons. The normalized spacial score (nSPS) is 16.4. The molecule has 2 nitrogen and oxygen atoms in total. The van der Waals surface area contributed by atoms with Crippen LogP contribution in [0.4, 0.5) is 0 Å². The van der Waals surface area contributed by atoms with Crippen molar-refractivity contribution in [1.29, 1.82) is 0 Å². The molecule has 0 aromatic heterocycles. The van der Waals surface area contributed by atoms with Crippen LogP contribution in [0.1, 0.15) is 39.0 Å². The van der Waals surface area contributed by atoms with Gasteiger partial charge in [-0.1, -0.05) is 19.8 Å². The minimum atomic E-state index is 0.975. The Bertz CT molecular complexity index is 182. The molecule has 1 heterocycles. The largest absolute Gasteiger partial charge is 0.404 e. The van der Waals surface area contributed by atoms with E-state index in [-0.39, 0.29) is 0 Å². The molecular formula is C13H26N2S. The number of hydrogen-bond donors (Lipinski definition) is 2. The van der Waals surface area contributed by atoms with Gasteiger partial charge in [0.25, 0.3) is 0 Å². The third-order valence-electron chi connectivity index (χ3n) is 2.28. The number of likely N-dealkylation sites (tertiary alicyclic amines) is 1. The molecule has 1 aliphatic heterocycles. The molecule has 16 heavy (non-hydrogen) atoms. The minimum Gasteiger partial charge on any atom is -0.404 e. The van der Waals surface area contributed by atoms with Crippen molar-refractivity contribution >= 4 is 12.6 Å². The standard InChI is InChI=1S/C6H13N.C5H11NS.C2H2/c1-7-5-3-2-4-6-7;1-2-3-5(7)4-6;1-2/h2-6H2,1H3;4,7H,2-3,6H2,1H3;1-2H/b;5-4+;. The van der Waals surface area contributed by atoms with Crippen molar-refractivity contribution in [2.75, 3.05) is 20.1 Å². The maximum Gasteiger partial charge on any atom is 0.00319 e. The van der Waals surface area contributed by atoms with Crippen molar-refractivity contribution in [1.82, 2.24) is 4.90 Å². The molecule has 1 aliphatic rings. The Kier molecular flexibility index (Phi) is 16.0. The fourth-order valence-electron chi connectivity index (χ4n) is 1.39. The summed E-state index contributed by atoms with van der Waals surface area (Å²) in [4.78, 5) is 3.37. The van der Waals surface area contributed by atoms with Gasteiger partial charge in [0, 0.05) is 6.20 Å². The van der Waals surface area contributed by atoms with Crippen LogP contribution in [0.25, 0.3) is 0 Å². The van der Waals surface area contributed by atoms with Crippen LogP contribution in [0.5, 0.6) is 0 Å². The summed E-state index contributed by atoms with van der Waals surface area (Å²) in [5.74, 6) is 0. The first kappa shape index (κ1) is 17.8. The van der Waals surface area contributed by atoms with E-state index in [0.717, 1.165) is 17.7 Å². The Morgan fingerprint density at radius 3 is 2.00 bits per heavy atom. The lowest BCUT2D eigenvalue weighted by Crippen LogP contribution is -2.24. The Morgan fingerprint density at radius 1 is 1.31 bits per heavy atom. The summed E-state index contributed by atoms with van der Waals surface area (Å²) in [5, 5.41) is 0. The van der Waals surface area contributed by atoms with Gasteiger partial charge >= 0.3 is 0 Å². The van der Waals surface area contributed by atoms with Crippen LogP contribution >= 0.6 is 12.6 Å². The van der Waals surface area contributed by atoms with E-state index in [9.17, 15) is 0 Å². The van der Waals surface area contributed by atoms with Crippen molar-refractivity contribution < 1.29 is 0 Å². The molecule has 0 aliphatic carbocycles. The summed E-state index contributed by atoms with van der Waals surface area (Å²) >= 11 is 4.05. The minimum absolute atomic E-state index is 0.975. The SMILES string of the molecule is C#C.CCC/C(S)=C\N.CN1CCCCC1. The van der Waals surface area contributed by atoms with Crippen molar-refractivity contribution in [3.63, 3.8) is 0 Å². The summed E-state index contributed by atoms with van der Waals surface area (Å²) in [6.07, 6.45) is 15.9. The number of allylic oxidation sites excluding steroid dienone is 1. The molecule has 0 spiro atoms. The number of thiol groups is 1. The number of nitrogens with zero attached hydrogens (tertiary/aromatic N) is 1. The van der Waals surface area contributed by atoms with Gasteiger partial charge in [-0.3, -0.25) is 0 Å². The Balaban J connectivity index is 0. The highest BCUT2D eigenvalue weighted by molar-refractivity contribution is 7.84. The van der Waals surface area contributed by atoms with E-state index in [4.69, 9.17) is 5.73 Å². The number of nitrogens with two attached hydrogens (primary N) is 1. The number of rotatable bonds is 2. The zero-order chi connectivity index (χ0) is 12.8. The molecule has 1 rings (SSSR count). The first-order valence-corrected chi connectivity index (χ1v) is 6.27. The lowest BCUT2D eigenvalue weighted by atomic mass is 10.1. The fourth-order valence-corrected chi connectivity index (χ4v) is 1.62. The van der Waals surface area contributed by atoms with Gasteiger partial charge in [0.2, 0.25) is 0 Å². The Morgan fingerprint density at radius 2 is 1.81 bits per heavy atom. The summed E-state index contributed by atoms with van der Waals surface area (Å²) in [5.41, 5.74) is 5.12. The van der Waals surface area contributed by atoms with E-state index in [1.54, 1.807) is 0 Å². The lowest BCUT2D eigenvalue weighted by molar-refractivity contribution is 0.277. The third kappa shape index (κ3) is 13.4. The Labute approximate surface area is 107 Å². The topological polar surface area (TPSA) is 29.3 Å². The van der Waals surface area contributed by atoms with Gasteiger partial charge in [-0.25, -0.2) is 0 Å². The van der Waals surface area contributed by atoms with Crippen molar-refractivity contribution in [2.24, 2.45) is 5.73 Å². The first-order chi connectivity index (χ1) is 7.70. The summed E-state index contributed by atoms with van der Waals surface area (Å²) in [6, 6.07) is 0. The molecule has 0 saturated carbocycles. The van der Waals surface area contributed by atoms with Crippen molar-refractivity contribution in [2.45, 2.75) is 39.0 Å². The number of piperidine rings is 1. The van der Waals surface area contributed by atoms with Crippen LogP contribution in [0.2, 0.25) is 0 Å². The van der Waals surface area contributed by atoms with Gasteiger partial charge < -0.3 is 10.6 Å². The lowest BCUT2D eigenvalue weighted by Gasteiger charge is -2.20. The molecule has 0 bridgehead atoms. The maximum absolute atomic E-state index is 5.12. The highest BCUT2D eigenvalue weighted by atomic mass is 32.1. The second-order valence-electron chi connectivity index (χ2n) is 3.77. The van der Waals surface area contributed by atoms with Crippen LogP contribution in [-0.4, -0.2) is 25.0 Å². The van der Waals surface area contributed by atoms with Crippen LogP contribution in [0, 0.1) is 12.8 Å². The predicted molar refractivity (Wildman–Crippen MR) is 77.4 cm³/mol. The predicted octanol–water partition coefficient (Wildman–Crippen LogP) is 2.87. The van der Waals surface area contributed by atoms with Crippen molar-refractivity contribution in [3.05, 3.63) is 11.1 Å². The van der Waals surface area contributed by atoms with Gasteiger partial charge in [-0.05, 0) is 44.3 Å². The third-order valence-corrected chi connectivity index (χ3v) is 2.65. The van der Waals surface area contributed by atoms with Gasteiger partial charge in [0.15, 0.2) is 0 Å². The van der Waals surface area contributed by atoms with E-state index < -0.39 is 0 Å². The quantitative estimate of drug-likeness (QED) is 0.576. The highest BCUT2D eigenvalue weighted by Crippen LogP contribution is 2.05. The fraction of sp³-hybridized carbons (Fsp3) is 0.692. The van der Waals surface area contributed by atoms with Gasteiger partial charge in [0.1, 0.15) is 0 Å². The number of hydrogen-bond acceptors (Lipinski definition) is 3. The summed E-state index contributed by atoms with van der Waals surface area (Å²) in [7, 11) is 2.19. The maximum atomic E-state index is 5.12. The smallest absolute Gasteiger partial charge is 0.00319 e. The van der Waals surface area contributed by atoms with Crippen LogP contribution in [0.15, 0.2) is 11.1 Å². The van der Waals surface area contributed by atoms with E-state index in [2.05, 4.69) is 44.3 Å². The summed E-state index contributed by atoms with van der Waals surface area (Å²) in [6.45, 7) is 4.74. The van der Waals surface area contributed by atoms with Crippen LogP contribution in [-0.2, 0) is 0 Å². The zero-order valence-corrected chi connectivity index (χ0v) is 11.5. The Hall–Kier alpha value is -0.590. The zero-order valence-electron chi connectivity index (χ0n) is 10.7. The van der Waals surface area contributed by atoms with Crippen LogP contribution in [0.3, 0.4) is 0 Å². The molecule has 2 N–H and O–H groups in total. The van der Waals surface area contributed by atoms with E-state index >= 15 is 0 Å². The van der Waals surface area contributed by atoms with E-state index in [1.807, 2.05) is 0 Å². The first-order valence-electron chi connectivity index (χ1n) is 5.82. The van der Waals surface area contributed by atoms with Crippen molar-refractivity contribution in [3.8, 4) is 12.8 Å². The molecule has 0 aromatic rings. The van der Waals surface area contributed by atoms with Crippen LogP contribution < -0.4 is 5.73 Å². The molecular weight excluding hydrogens is 216 g/mol. The highest BCUT2D eigenvalue weighted by Gasteiger charge is 2.02. The molecule has 0 radical (unpaired) electrons. The molecule has 0 atom stereocenters. The molecule has 1 saturated heterocycles. The summed E-state index contributed by atoms with van der Waals surface area (Å²) < 4.78 is 0.